The van der Waals surface area contributed by atoms with Crippen molar-refractivity contribution in [3.63, 3.8) is 0 Å². The predicted octanol–water partition coefficient (Wildman–Crippen LogP) is 2.32. The summed E-state index contributed by atoms with van der Waals surface area (Å²) in [6.45, 7) is 0. The molecule has 1 aromatic carbocycles. The Kier molecular flexibility index (Phi) is 2.97. The Morgan fingerprint density at radius 3 is 2.56 bits per heavy atom. The second-order valence-corrected chi connectivity index (χ2v) is 4.61. The number of hydrogen-bond donors (Lipinski definition) is 2. The number of aldehydes is 1. The molecule has 86 valence electrons. The largest absolute Gasteiger partial charge is 0.508 e. The summed E-state index contributed by atoms with van der Waals surface area (Å²) < 4.78 is 0. The molecule has 3 N–H and O–H groups in total. The summed E-state index contributed by atoms with van der Waals surface area (Å²) in [5, 5.41) is 9.51. The summed E-state index contributed by atoms with van der Waals surface area (Å²) in [6.07, 6.45) is 5.97. The standard InChI is InChI=1S/C13H17NO2/c14-13(6-2-1-3-7-13)12-8-11(16)5-4-10(12)9-15/h4-5,8-9,16H,1-3,6-7,14H2. The molecule has 1 saturated carbocycles. The van der Waals surface area contributed by atoms with E-state index in [9.17, 15) is 9.90 Å². The highest BCUT2D eigenvalue weighted by Crippen LogP contribution is 2.37. The third-order valence-corrected chi connectivity index (χ3v) is 3.45. The molecule has 0 bridgehead atoms. The van der Waals surface area contributed by atoms with Crippen LogP contribution in [0.4, 0.5) is 0 Å². The molecular weight excluding hydrogens is 202 g/mol. The fourth-order valence-electron chi connectivity index (χ4n) is 2.53. The number of hydrogen-bond acceptors (Lipinski definition) is 3. The molecule has 1 aromatic rings. The topological polar surface area (TPSA) is 63.3 Å². The Balaban J connectivity index is 2.44. The lowest BCUT2D eigenvalue weighted by Gasteiger charge is -2.34. The summed E-state index contributed by atoms with van der Waals surface area (Å²) >= 11 is 0. The van der Waals surface area contributed by atoms with Crippen LogP contribution < -0.4 is 5.73 Å². The van der Waals surface area contributed by atoms with Gasteiger partial charge >= 0.3 is 0 Å². The van der Waals surface area contributed by atoms with Crippen LogP contribution in [0, 0.1) is 0 Å². The molecule has 0 atom stereocenters. The van der Waals surface area contributed by atoms with E-state index in [2.05, 4.69) is 0 Å². The fraction of sp³-hybridized carbons (Fsp3) is 0.462. The zero-order valence-corrected chi connectivity index (χ0v) is 9.28. The second kappa shape index (κ2) is 4.26. The molecule has 16 heavy (non-hydrogen) atoms. The Labute approximate surface area is 95.3 Å². The summed E-state index contributed by atoms with van der Waals surface area (Å²) in [5.74, 6) is 0.177. The zero-order chi connectivity index (χ0) is 11.6. The Morgan fingerprint density at radius 1 is 1.25 bits per heavy atom. The first-order valence-electron chi connectivity index (χ1n) is 5.73. The molecule has 0 saturated heterocycles. The first-order chi connectivity index (χ1) is 7.65. The molecule has 3 heteroatoms. The molecular formula is C13H17NO2. The Bertz CT molecular complexity index is 395. The van der Waals surface area contributed by atoms with Crippen molar-refractivity contribution in [3.05, 3.63) is 29.3 Å². The number of phenolic OH excluding ortho intramolecular Hbond substituents is 1. The second-order valence-electron chi connectivity index (χ2n) is 4.61. The number of carbonyl (C=O) groups is 1. The number of benzene rings is 1. The van der Waals surface area contributed by atoms with Crippen LogP contribution in [0.15, 0.2) is 18.2 Å². The van der Waals surface area contributed by atoms with Gasteiger partial charge in [-0.05, 0) is 36.6 Å². The molecule has 0 spiro atoms. The highest BCUT2D eigenvalue weighted by Gasteiger charge is 2.31. The summed E-state index contributed by atoms with van der Waals surface area (Å²) in [4.78, 5) is 11.0. The van der Waals surface area contributed by atoms with Crippen LogP contribution in [-0.4, -0.2) is 11.4 Å². The van der Waals surface area contributed by atoms with Crippen LogP contribution in [0.2, 0.25) is 0 Å². The average Bonchev–Trinajstić information content (AvgIpc) is 2.30. The monoisotopic (exact) mass is 219 g/mol. The molecule has 0 radical (unpaired) electrons. The van der Waals surface area contributed by atoms with Gasteiger partial charge in [0.1, 0.15) is 12.0 Å². The smallest absolute Gasteiger partial charge is 0.150 e. The third-order valence-electron chi connectivity index (χ3n) is 3.45. The van der Waals surface area contributed by atoms with E-state index in [1.807, 2.05) is 0 Å². The van der Waals surface area contributed by atoms with Gasteiger partial charge < -0.3 is 10.8 Å². The van der Waals surface area contributed by atoms with Gasteiger partial charge in [-0.3, -0.25) is 4.79 Å². The molecule has 2 rings (SSSR count). The summed E-state index contributed by atoms with van der Waals surface area (Å²) in [5.41, 5.74) is 7.31. The van der Waals surface area contributed by atoms with E-state index in [4.69, 9.17) is 5.73 Å². The number of aromatic hydroxyl groups is 1. The lowest BCUT2D eigenvalue weighted by molar-refractivity contribution is 0.112. The highest BCUT2D eigenvalue weighted by molar-refractivity contribution is 5.78. The minimum Gasteiger partial charge on any atom is -0.508 e. The van der Waals surface area contributed by atoms with Crippen LogP contribution in [-0.2, 0) is 5.54 Å². The molecule has 1 aliphatic carbocycles. The van der Waals surface area contributed by atoms with E-state index < -0.39 is 5.54 Å². The van der Waals surface area contributed by atoms with Crippen molar-refractivity contribution in [2.45, 2.75) is 37.6 Å². The van der Waals surface area contributed by atoms with Crippen molar-refractivity contribution in [2.24, 2.45) is 5.73 Å². The first kappa shape index (κ1) is 11.1. The van der Waals surface area contributed by atoms with Gasteiger partial charge in [-0.25, -0.2) is 0 Å². The minimum atomic E-state index is -0.437. The van der Waals surface area contributed by atoms with Crippen LogP contribution in [0.3, 0.4) is 0 Å². The van der Waals surface area contributed by atoms with Crippen molar-refractivity contribution >= 4 is 6.29 Å². The van der Waals surface area contributed by atoms with E-state index >= 15 is 0 Å². The zero-order valence-electron chi connectivity index (χ0n) is 9.28. The maximum absolute atomic E-state index is 11.0. The lowest BCUT2D eigenvalue weighted by Crippen LogP contribution is -2.39. The predicted molar refractivity (Wildman–Crippen MR) is 62.4 cm³/mol. The van der Waals surface area contributed by atoms with E-state index in [0.717, 1.165) is 37.5 Å². The lowest BCUT2D eigenvalue weighted by atomic mass is 9.76. The van der Waals surface area contributed by atoms with Gasteiger partial charge in [-0.15, -0.1) is 0 Å². The highest BCUT2D eigenvalue weighted by atomic mass is 16.3. The number of nitrogens with two attached hydrogens (primary N) is 1. The molecule has 0 unspecified atom stereocenters. The molecule has 0 amide bonds. The quantitative estimate of drug-likeness (QED) is 0.750. The van der Waals surface area contributed by atoms with E-state index in [-0.39, 0.29) is 5.75 Å². The number of rotatable bonds is 2. The van der Waals surface area contributed by atoms with Crippen molar-refractivity contribution in [2.75, 3.05) is 0 Å². The molecule has 1 fully saturated rings. The van der Waals surface area contributed by atoms with Crippen molar-refractivity contribution in [1.82, 2.24) is 0 Å². The van der Waals surface area contributed by atoms with E-state index in [1.54, 1.807) is 12.1 Å². The molecule has 0 aromatic heterocycles. The van der Waals surface area contributed by atoms with Gasteiger partial charge in [-0.1, -0.05) is 19.3 Å². The summed E-state index contributed by atoms with van der Waals surface area (Å²) in [7, 11) is 0. The fourth-order valence-corrected chi connectivity index (χ4v) is 2.53. The van der Waals surface area contributed by atoms with Gasteiger partial charge in [0.2, 0.25) is 0 Å². The molecule has 3 nitrogen and oxygen atoms in total. The van der Waals surface area contributed by atoms with Crippen LogP contribution in [0.5, 0.6) is 5.75 Å². The number of carbonyl (C=O) groups excluding carboxylic acids is 1. The Hall–Kier alpha value is -1.35. The van der Waals surface area contributed by atoms with Gasteiger partial charge in [0.15, 0.2) is 0 Å². The maximum atomic E-state index is 11.0. The molecule has 1 aliphatic rings. The van der Waals surface area contributed by atoms with Gasteiger partial charge in [-0.2, -0.15) is 0 Å². The van der Waals surface area contributed by atoms with Gasteiger partial charge in [0.25, 0.3) is 0 Å². The molecule has 0 heterocycles. The average molecular weight is 219 g/mol. The van der Waals surface area contributed by atoms with Crippen LogP contribution in [0.1, 0.15) is 48.0 Å². The van der Waals surface area contributed by atoms with Gasteiger partial charge in [0.05, 0.1) is 0 Å². The van der Waals surface area contributed by atoms with Crippen LogP contribution >= 0.6 is 0 Å². The Morgan fingerprint density at radius 2 is 1.94 bits per heavy atom. The SMILES string of the molecule is NC1(c2cc(O)ccc2C=O)CCCCC1. The van der Waals surface area contributed by atoms with Crippen molar-refractivity contribution in [1.29, 1.82) is 0 Å². The molecule has 0 aliphatic heterocycles. The van der Waals surface area contributed by atoms with Crippen LogP contribution in [0.25, 0.3) is 0 Å². The minimum absolute atomic E-state index is 0.177. The van der Waals surface area contributed by atoms with Crippen molar-refractivity contribution < 1.29 is 9.90 Å². The summed E-state index contributed by atoms with van der Waals surface area (Å²) in [6, 6.07) is 4.80. The van der Waals surface area contributed by atoms with E-state index in [1.165, 1.54) is 12.5 Å². The normalized spacial score (nSPS) is 19.3. The van der Waals surface area contributed by atoms with E-state index in [0.29, 0.717) is 5.56 Å². The van der Waals surface area contributed by atoms with Crippen molar-refractivity contribution in [3.8, 4) is 5.75 Å². The number of phenols is 1. The maximum Gasteiger partial charge on any atom is 0.150 e. The third kappa shape index (κ3) is 1.95. The first-order valence-corrected chi connectivity index (χ1v) is 5.73. The van der Waals surface area contributed by atoms with Gasteiger partial charge in [0, 0.05) is 11.1 Å².